The summed E-state index contributed by atoms with van der Waals surface area (Å²) in [5, 5.41) is 9.21. The molecule has 0 aliphatic heterocycles. The maximum atomic E-state index is 12.1. The lowest BCUT2D eigenvalue weighted by molar-refractivity contribution is -0.132. The molecular formula is C15H24N2O3. The molecule has 112 valence electrons. The smallest absolute Gasteiger partial charge is 0.239 e. The normalized spacial score (nSPS) is 12.4. The number of hydrogen-bond donors (Lipinski definition) is 2. The van der Waals surface area contributed by atoms with Crippen LogP contribution in [0, 0.1) is 0 Å². The van der Waals surface area contributed by atoms with E-state index in [2.05, 4.69) is 0 Å². The number of aromatic hydroxyl groups is 1. The van der Waals surface area contributed by atoms with Crippen molar-refractivity contribution in [1.82, 2.24) is 4.90 Å². The summed E-state index contributed by atoms with van der Waals surface area (Å²) in [5.41, 5.74) is 6.85. The van der Waals surface area contributed by atoms with E-state index in [1.165, 1.54) is 0 Å². The summed E-state index contributed by atoms with van der Waals surface area (Å²) in [7, 11) is 1.72. The second-order valence-corrected chi connectivity index (χ2v) is 5.16. The maximum Gasteiger partial charge on any atom is 0.239 e. The Labute approximate surface area is 120 Å². The predicted octanol–water partition coefficient (Wildman–Crippen LogP) is 1.15. The number of hydrogen-bond acceptors (Lipinski definition) is 4. The van der Waals surface area contributed by atoms with Gasteiger partial charge >= 0.3 is 0 Å². The van der Waals surface area contributed by atoms with Crippen molar-refractivity contribution in [2.45, 2.75) is 32.4 Å². The van der Waals surface area contributed by atoms with Gasteiger partial charge in [-0.1, -0.05) is 12.1 Å². The first-order chi connectivity index (χ1) is 9.40. The predicted molar refractivity (Wildman–Crippen MR) is 78.5 cm³/mol. The van der Waals surface area contributed by atoms with Crippen molar-refractivity contribution in [1.29, 1.82) is 0 Å². The van der Waals surface area contributed by atoms with Crippen molar-refractivity contribution in [2.24, 2.45) is 5.73 Å². The Morgan fingerprint density at radius 1 is 1.35 bits per heavy atom. The van der Waals surface area contributed by atoms with E-state index in [4.69, 9.17) is 10.5 Å². The first-order valence-corrected chi connectivity index (χ1v) is 6.80. The van der Waals surface area contributed by atoms with Crippen LogP contribution in [-0.4, -0.2) is 48.3 Å². The van der Waals surface area contributed by atoms with Gasteiger partial charge < -0.3 is 20.5 Å². The average molecular weight is 280 g/mol. The number of carbonyl (C=O) groups is 1. The Kier molecular flexibility index (Phi) is 6.48. The monoisotopic (exact) mass is 280 g/mol. The fraction of sp³-hybridized carbons (Fsp3) is 0.533. The third-order valence-electron chi connectivity index (χ3n) is 2.96. The van der Waals surface area contributed by atoms with E-state index >= 15 is 0 Å². The number of likely N-dealkylation sites (N-methyl/N-ethyl adjacent to an activating group) is 1. The van der Waals surface area contributed by atoms with Gasteiger partial charge in [0, 0.05) is 13.6 Å². The summed E-state index contributed by atoms with van der Waals surface area (Å²) >= 11 is 0. The second-order valence-electron chi connectivity index (χ2n) is 5.16. The molecule has 3 N–H and O–H groups in total. The Balaban J connectivity index is 2.43. The zero-order chi connectivity index (χ0) is 15.1. The molecule has 0 spiro atoms. The van der Waals surface area contributed by atoms with Crippen molar-refractivity contribution in [2.75, 3.05) is 20.2 Å². The first kappa shape index (κ1) is 16.5. The van der Waals surface area contributed by atoms with Gasteiger partial charge in [-0.15, -0.1) is 0 Å². The van der Waals surface area contributed by atoms with Crippen LogP contribution in [0.3, 0.4) is 0 Å². The Morgan fingerprint density at radius 2 is 1.95 bits per heavy atom. The SMILES string of the molecule is CC(C)OCCN(C)C(=O)C(N)Cc1ccc(O)cc1. The number of carbonyl (C=O) groups excluding carboxylic acids is 1. The third kappa shape index (κ3) is 5.59. The van der Waals surface area contributed by atoms with Gasteiger partial charge in [0.25, 0.3) is 0 Å². The molecule has 5 heteroatoms. The first-order valence-electron chi connectivity index (χ1n) is 6.80. The van der Waals surface area contributed by atoms with Crippen LogP contribution in [0.15, 0.2) is 24.3 Å². The number of benzene rings is 1. The molecule has 0 saturated carbocycles. The quantitative estimate of drug-likeness (QED) is 0.785. The van der Waals surface area contributed by atoms with Crippen LogP contribution in [-0.2, 0) is 16.0 Å². The summed E-state index contributed by atoms with van der Waals surface area (Å²) in [6, 6.07) is 6.14. The second kappa shape index (κ2) is 7.87. The standard InChI is InChI=1S/C15H24N2O3/c1-11(2)20-9-8-17(3)15(19)14(16)10-12-4-6-13(18)7-5-12/h4-7,11,14,18H,8-10,16H2,1-3H3. The van der Waals surface area contributed by atoms with Crippen molar-refractivity contribution in [3.05, 3.63) is 29.8 Å². The van der Waals surface area contributed by atoms with Crippen LogP contribution in [0.25, 0.3) is 0 Å². The van der Waals surface area contributed by atoms with Gasteiger partial charge in [-0.2, -0.15) is 0 Å². The summed E-state index contributed by atoms with van der Waals surface area (Å²) in [6.45, 7) is 4.95. The highest BCUT2D eigenvalue weighted by Crippen LogP contribution is 2.11. The number of amides is 1. The Bertz CT molecular complexity index is 418. The minimum atomic E-state index is -0.580. The zero-order valence-corrected chi connectivity index (χ0v) is 12.4. The van der Waals surface area contributed by atoms with Crippen LogP contribution < -0.4 is 5.73 Å². The van der Waals surface area contributed by atoms with Crippen LogP contribution in [0.5, 0.6) is 5.75 Å². The molecule has 5 nitrogen and oxygen atoms in total. The molecule has 0 fully saturated rings. The van der Waals surface area contributed by atoms with E-state index in [9.17, 15) is 9.90 Å². The topological polar surface area (TPSA) is 75.8 Å². The lowest BCUT2D eigenvalue weighted by Gasteiger charge is -2.22. The molecular weight excluding hydrogens is 256 g/mol. The number of nitrogens with zero attached hydrogens (tertiary/aromatic N) is 1. The molecule has 0 bridgehead atoms. The fourth-order valence-corrected chi connectivity index (χ4v) is 1.79. The van der Waals surface area contributed by atoms with Gasteiger partial charge in [-0.3, -0.25) is 4.79 Å². The van der Waals surface area contributed by atoms with Crippen molar-refractivity contribution in [3.8, 4) is 5.75 Å². The van der Waals surface area contributed by atoms with Crippen LogP contribution in [0.4, 0.5) is 0 Å². The fourth-order valence-electron chi connectivity index (χ4n) is 1.79. The van der Waals surface area contributed by atoms with E-state index in [0.29, 0.717) is 19.6 Å². The largest absolute Gasteiger partial charge is 0.508 e. The molecule has 1 atom stereocenters. The van der Waals surface area contributed by atoms with Gasteiger partial charge in [0.05, 0.1) is 18.8 Å². The molecule has 1 amide bonds. The Hall–Kier alpha value is -1.59. The van der Waals surface area contributed by atoms with Gasteiger partial charge in [0.15, 0.2) is 0 Å². The Morgan fingerprint density at radius 3 is 2.50 bits per heavy atom. The summed E-state index contributed by atoms with van der Waals surface area (Å²) in [4.78, 5) is 13.7. The molecule has 1 unspecified atom stereocenters. The minimum Gasteiger partial charge on any atom is -0.508 e. The van der Waals surface area contributed by atoms with Crippen LogP contribution in [0.2, 0.25) is 0 Å². The van der Waals surface area contributed by atoms with Gasteiger partial charge in [0.2, 0.25) is 5.91 Å². The van der Waals surface area contributed by atoms with Gasteiger partial charge in [-0.25, -0.2) is 0 Å². The lowest BCUT2D eigenvalue weighted by Crippen LogP contribution is -2.44. The molecule has 0 aliphatic rings. The lowest BCUT2D eigenvalue weighted by atomic mass is 10.1. The van der Waals surface area contributed by atoms with Gasteiger partial charge in [-0.05, 0) is 38.0 Å². The van der Waals surface area contributed by atoms with E-state index in [1.54, 1.807) is 36.2 Å². The highest BCUT2D eigenvalue weighted by atomic mass is 16.5. The summed E-state index contributed by atoms with van der Waals surface area (Å²) in [5.74, 6) is 0.0991. The molecule has 20 heavy (non-hydrogen) atoms. The maximum absolute atomic E-state index is 12.1. The number of ether oxygens (including phenoxy) is 1. The number of phenolic OH excluding ortho intramolecular Hbond substituents is 1. The molecule has 0 aliphatic carbocycles. The molecule has 1 aromatic rings. The summed E-state index contributed by atoms with van der Waals surface area (Å²) in [6.07, 6.45) is 0.610. The van der Waals surface area contributed by atoms with E-state index in [0.717, 1.165) is 5.56 Å². The van der Waals surface area contributed by atoms with Gasteiger partial charge in [0.1, 0.15) is 5.75 Å². The van der Waals surface area contributed by atoms with Crippen LogP contribution >= 0.6 is 0 Å². The minimum absolute atomic E-state index is 0.106. The average Bonchev–Trinajstić information content (AvgIpc) is 2.39. The van der Waals surface area contributed by atoms with Crippen molar-refractivity contribution in [3.63, 3.8) is 0 Å². The molecule has 0 heterocycles. The number of rotatable bonds is 7. The molecule has 0 radical (unpaired) electrons. The summed E-state index contributed by atoms with van der Waals surface area (Å²) < 4.78 is 5.41. The van der Waals surface area contributed by atoms with Crippen LogP contribution in [0.1, 0.15) is 19.4 Å². The molecule has 1 aromatic carbocycles. The number of nitrogens with two attached hydrogens (primary N) is 1. The van der Waals surface area contributed by atoms with Crippen molar-refractivity contribution >= 4 is 5.91 Å². The van der Waals surface area contributed by atoms with Crippen molar-refractivity contribution < 1.29 is 14.6 Å². The van der Waals surface area contributed by atoms with E-state index in [-0.39, 0.29) is 17.8 Å². The molecule has 0 aromatic heterocycles. The number of phenols is 1. The molecule has 1 rings (SSSR count). The third-order valence-corrected chi connectivity index (χ3v) is 2.96. The highest BCUT2D eigenvalue weighted by Gasteiger charge is 2.18. The molecule has 0 saturated heterocycles. The van der Waals surface area contributed by atoms with E-state index in [1.807, 2.05) is 13.8 Å². The highest BCUT2D eigenvalue weighted by molar-refractivity contribution is 5.81. The zero-order valence-electron chi connectivity index (χ0n) is 12.4. The van der Waals surface area contributed by atoms with E-state index < -0.39 is 6.04 Å².